The predicted molar refractivity (Wildman–Crippen MR) is 181 cm³/mol. The van der Waals surface area contributed by atoms with Crippen molar-refractivity contribution in [1.82, 2.24) is 10.2 Å². The molecule has 0 fully saturated rings. The molecule has 254 valence electrons. The lowest BCUT2D eigenvalue weighted by molar-refractivity contribution is -0.140. The molecule has 0 aliphatic carbocycles. The Morgan fingerprint density at radius 2 is 1.48 bits per heavy atom. The van der Waals surface area contributed by atoms with Crippen LogP contribution in [0.2, 0.25) is 10.0 Å². The van der Waals surface area contributed by atoms with Crippen LogP contribution in [0.5, 0.6) is 0 Å². The maximum absolute atomic E-state index is 14.5. The molecule has 0 heterocycles. The van der Waals surface area contributed by atoms with Gasteiger partial charge >= 0.3 is 6.18 Å². The highest BCUT2D eigenvalue weighted by Gasteiger charge is 2.38. The maximum Gasteiger partial charge on any atom is 0.417 e. The van der Waals surface area contributed by atoms with Crippen molar-refractivity contribution in [2.45, 2.75) is 56.9 Å². The van der Waals surface area contributed by atoms with Gasteiger partial charge in [0.25, 0.3) is 10.0 Å². The number of carbonyl (C=O) groups is 2. The standard InChI is InChI=1S/C35H34Cl2F3N3O4S/c1-23(2)41-34(45)32(19-25-9-5-4-6-10-25)42(21-26-11-7-8-12-30(26)36)33(44)22-43(48(46,47)28-16-13-24(3)14-17-28)27-15-18-31(37)29(20-27)35(38,39)40/h4-18,20,23,32H,19,21-22H2,1-3H3,(H,41,45)/t32-/m0/s1. The summed E-state index contributed by atoms with van der Waals surface area (Å²) in [6.07, 6.45) is -4.86. The van der Waals surface area contributed by atoms with Crippen molar-refractivity contribution in [3.05, 3.63) is 129 Å². The van der Waals surface area contributed by atoms with E-state index in [1.807, 2.05) is 0 Å². The number of nitrogens with zero attached hydrogens (tertiary/aromatic N) is 2. The minimum absolute atomic E-state index is 0.0550. The zero-order chi connectivity index (χ0) is 35.2. The van der Waals surface area contributed by atoms with Crippen LogP contribution in [-0.4, -0.2) is 43.8 Å². The van der Waals surface area contributed by atoms with Crippen LogP contribution < -0.4 is 9.62 Å². The van der Waals surface area contributed by atoms with Crippen LogP contribution in [0.3, 0.4) is 0 Å². The minimum atomic E-state index is -4.91. The second-order valence-corrected chi connectivity index (χ2v) is 14.1. The summed E-state index contributed by atoms with van der Waals surface area (Å²) in [5, 5.41) is 2.50. The summed E-state index contributed by atoms with van der Waals surface area (Å²) in [4.78, 5) is 29.2. The molecule has 0 unspecified atom stereocenters. The Kier molecular flexibility index (Phi) is 11.8. The molecule has 0 aliphatic rings. The third-order valence-corrected chi connectivity index (χ3v) is 9.92. The monoisotopic (exact) mass is 719 g/mol. The maximum atomic E-state index is 14.5. The van der Waals surface area contributed by atoms with Gasteiger partial charge in [0, 0.05) is 24.0 Å². The minimum Gasteiger partial charge on any atom is -0.352 e. The summed E-state index contributed by atoms with van der Waals surface area (Å²) in [7, 11) is -4.63. The molecule has 0 aliphatic heterocycles. The van der Waals surface area contributed by atoms with E-state index in [0.29, 0.717) is 21.0 Å². The normalized spacial score (nSPS) is 12.4. The number of amides is 2. The molecule has 0 radical (unpaired) electrons. The Balaban J connectivity index is 1.88. The highest BCUT2D eigenvalue weighted by molar-refractivity contribution is 7.92. The van der Waals surface area contributed by atoms with Crippen LogP contribution in [0.15, 0.2) is 102 Å². The van der Waals surface area contributed by atoms with Gasteiger partial charge in [-0.15, -0.1) is 0 Å². The number of anilines is 1. The molecule has 4 rings (SSSR count). The number of benzene rings is 4. The summed E-state index contributed by atoms with van der Waals surface area (Å²) in [6.45, 7) is 4.11. The first-order valence-electron chi connectivity index (χ1n) is 14.9. The average Bonchev–Trinajstić information content (AvgIpc) is 3.02. The molecule has 4 aromatic carbocycles. The van der Waals surface area contributed by atoms with E-state index >= 15 is 0 Å². The van der Waals surface area contributed by atoms with Gasteiger partial charge in [-0.3, -0.25) is 13.9 Å². The Labute approximate surface area is 288 Å². The number of hydrogen-bond donors (Lipinski definition) is 1. The molecule has 0 aromatic heterocycles. The first-order valence-corrected chi connectivity index (χ1v) is 17.1. The Bertz CT molecular complexity index is 1860. The number of halogens is 5. The molecular formula is C35H34Cl2F3N3O4S. The first kappa shape index (κ1) is 36.8. The Morgan fingerprint density at radius 3 is 2.08 bits per heavy atom. The zero-order valence-corrected chi connectivity index (χ0v) is 28.7. The molecular weight excluding hydrogens is 686 g/mol. The molecule has 0 saturated carbocycles. The van der Waals surface area contributed by atoms with Gasteiger partial charge in [-0.2, -0.15) is 13.2 Å². The van der Waals surface area contributed by atoms with Crippen molar-refractivity contribution in [2.24, 2.45) is 0 Å². The summed E-state index contributed by atoms with van der Waals surface area (Å²) < 4.78 is 70.7. The van der Waals surface area contributed by atoms with Gasteiger partial charge in [-0.25, -0.2) is 8.42 Å². The van der Waals surface area contributed by atoms with E-state index in [1.165, 1.54) is 29.2 Å². The van der Waals surface area contributed by atoms with E-state index < -0.39 is 56.9 Å². The molecule has 48 heavy (non-hydrogen) atoms. The smallest absolute Gasteiger partial charge is 0.352 e. The van der Waals surface area contributed by atoms with Crippen LogP contribution in [0.1, 0.15) is 36.1 Å². The van der Waals surface area contributed by atoms with Crippen molar-refractivity contribution < 1.29 is 31.2 Å². The van der Waals surface area contributed by atoms with Crippen LogP contribution in [0.25, 0.3) is 0 Å². The number of nitrogens with one attached hydrogen (secondary N) is 1. The molecule has 0 bridgehead atoms. The van der Waals surface area contributed by atoms with Crippen molar-refractivity contribution in [3.8, 4) is 0 Å². The number of hydrogen-bond acceptors (Lipinski definition) is 4. The molecule has 2 amide bonds. The first-order chi connectivity index (χ1) is 22.6. The predicted octanol–water partition coefficient (Wildman–Crippen LogP) is 7.68. The second kappa shape index (κ2) is 15.4. The Hall–Kier alpha value is -4.06. The zero-order valence-electron chi connectivity index (χ0n) is 26.3. The summed E-state index contributed by atoms with van der Waals surface area (Å²) in [5.41, 5.74) is 0.221. The van der Waals surface area contributed by atoms with Crippen molar-refractivity contribution in [3.63, 3.8) is 0 Å². The van der Waals surface area contributed by atoms with Gasteiger partial charge in [0.2, 0.25) is 11.8 Å². The van der Waals surface area contributed by atoms with Crippen molar-refractivity contribution in [1.29, 1.82) is 0 Å². The second-order valence-electron chi connectivity index (χ2n) is 11.5. The van der Waals surface area contributed by atoms with Gasteiger partial charge in [0.15, 0.2) is 0 Å². The van der Waals surface area contributed by atoms with Crippen LogP contribution in [0.4, 0.5) is 18.9 Å². The summed E-state index contributed by atoms with van der Waals surface area (Å²) >= 11 is 12.4. The van der Waals surface area contributed by atoms with Gasteiger partial charge in [0.05, 0.1) is 21.2 Å². The van der Waals surface area contributed by atoms with E-state index in [0.717, 1.165) is 23.3 Å². The third-order valence-electron chi connectivity index (χ3n) is 7.43. The number of rotatable bonds is 12. The largest absolute Gasteiger partial charge is 0.417 e. The van der Waals surface area contributed by atoms with Crippen LogP contribution in [0, 0.1) is 6.92 Å². The highest BCUT2D eigenvalue weighted by atomic mass is 35.5. The molecule has 1 atom stereocenters. The van der Waals surface area contributed by atoms with Crippen molar-refractivity contribution in [2.75, 3.05) is 10.8 Å². The lowest BCUT2D eigenvalue weighted by Gasteiger charge is -2.34. The average molecular weight is 721 g/mol. The molecule has 1 N–H and O–H groups in total. The van der Waals surface area contributed by atoms with Gasteiger partial charge in [-0.05, 0) is 68.3 Å². The van der Waals surface area contributed by atoms with Crippen molar-refractivity contribution >= 4 is 50.7 Å². The van der Waals surface area contributed by atoms with E-state index in [9.17, 15) is 31.2 Å². The highest BCUT2D eigenvalue weighted by Crippen LogP contribution is 2.38. The van der Waals surface area contributed by atoms with Gasteiger partial charge < -0.3 is 10.2 Å². The van der Waals surface area contributed by atoms with Crippen LogP contribution >= 0.6 is 23.2 Å². The number of alkyl halides is 3. The lowest BCUT2D eigenvalue weighted by atomic mass is 10.0. The fourth-order valence-corrected chi connectivity index (χ4v) is 6.82. The molecule has 0 saturated heterocycles. The number of sulfonamides is 1. The Morgan fingerprint density at radius 1 is 0.854 bits per heavy atom. The SMILES string of the molecule is Cc1ccc(S(=O)(=O)N(CC(=O)N(Cc2ccccc2Cl)[C@@H](Cc2ccccc2)C(=O)NC(C)C)c2ccc(Cl)c(C(F)(F)F)c2)cc1. The number of aryl methyl sites for hydroxylation is 1. The molecule has 0 spiro atoms. The van der Waals surface area contributed by atoms with Gasteiger partial charge in [-0.1, -0.05) is 89.4 Å². The summed E-state index contributed by atoms with van der Waals surface area (Å²) in [5.74, 6) is -1.36. The molecule has 4 aromatic rings. The van der Waals surface area contributed by atoms with E-state index in [4.69, 9.17) is 23.2 Å². The molecule has 13 heteroatoms. The van der Waals surface area contributed by atoms with E-state index in [1.54, 1.807) is 75.4 Å². The van der Waals surface area contributed by atoms with Crippen LogP contribution in [-0.2, 0) is 38.8 Å². The molecule has 7 nitrogen and oxygen atoms in total. The third kappa shape index (κ3) is 9.09. The number of carbonyl (C=O) groups excluding carboxylic acids is 2. The fourth-order valence-electron chi connectivity index (χ4n) is 5.00. The quantitative estimate of drug-likeness (QED) is 0.163. The fraction of sp³-hybridized carbons (Fsp3) is 0.257. The summed E-state index contributed by atoms with van der Waals surface area (Å²) in [6, 6.07) is 22.4. The van der Waals surface area contributed by atoms with Gasteiger partial charge in [0.1, 0.15) is 12.6 Å². The topological polar surface area (TPSA) is 86.8 Å². The lowest BCUT2D eigenvalue weighted by Crippen LogP contribution is -2.54. The van der Waals surface area contributed by atoms with E-state index in [2.05, 4.69) is 5.32 Å². The van der Waals surface area contributed by atoms with E-state index in [-0.39, 0.29) is 23.9 Å².